The van der Waals surface area contributed by atoms with Gasteiger partial charge in [-0.1, -0.05) is 29.8 Å². The minimum atomic E-state index is -3.63. The number of nitrogens with one attached hydrogen (secondary N) is 1. The van der Waals surface area contributed by atoms with Gasteiger partial charge in [-0.25, -0.2) is 13.1 Å². The van der Waals surface area contributed by atoms with Gasteiger partial charge in [-0.05, 0) is 53.7 Å². The van der Waals surface area contributed by atoms with Crippen LogP contribution < -0.4 is 10.5 Å². The third-order valence-electron chi connectivity index (χ3n) is 2.84. The van der Waals surface area contributed by atoms with Gasteiger partial charge >= 0.3 is 0 Å². The Kier molecular flexibility index (Phi) is 6.50. The van der Waals surface area contributed by atoms with Crippen LogP contribution in [0.3, 0.4) is 0 Å². The molecule has 114 valence electrons. The number of benzene rings is 1. The molecular weight excluding hydrogens is 408 g/mol. The molecule has 0 saturated heterocycles. The topological polar surface area (TPSA) is 72.2 Å². The van der Waals surface area contributed by atoms with E-state index in [9.17, 15) is 8.42 Å². The molecule has 3 N–H and O–H groups in total. The smallest absolute Gasteiger partial charge is 0.243 e. The summed E-state index contributed by atoms with van der Waals surface area (Å²) >= 11 is 6.54. The van der Waals surface area contributed by atoms with Gasteiger partial charge in [0.15, 0.2) is 0 Å². The zero-order valence-electron chi connectivity index (χ0n) is 11.8. The first-order chi connectivity index (χ1) is 9.13. The van der Waals surface area contributed by atoms with Gasteiger partial charge in [0, 0.05) is 15.0 Å². The van der Waals surface area contributed by atoms with E-state index >= 15 is 0 Å². The SMILES string of the molecule is CC(C)CCC(C)NS(=O)(=O)c1c(N)cc(Br)cc1Br. The van der Waals surface area contributed by atoms with Crippen LogP contribution in [0.25, 0.3) is 0 Å². The van der Waals surface area contributed by atoms with E-state index in [1.54, 1.807) is 12.1 Å². The fraction of sp³-hybridized carbons (Fsp3) is 0.538. The minimum Gasteiger partial charge on any atom is -0.398 e. The van der Waals surface area contributed by atoms with Crippen molar-refractivity contribution >= 4 is 47.6 Å². The maximum Gasteiger partial charge on any atom is 0.243 e. The molecule has 0 fully saturated rings. The molecule has 1 rings (SSSR count). The van der Waals surface area contributed by atoms with E-state index in [1.807, 2.05) is 6.92 Å². The van der Waals surface area contributed by atoms with Gasteiger partial charge in [-0.2, -0.15) is 0 Å². The third kappa shape index (κ3) is 5.02. The number of nitrogen functional groups attached to an aromatic ring is 1. The predicted molar refractivity (Wildman–Crippen MR) is 90.1 cm³/mol. The van der Waals surface area contributed by atoms with Gasteiger partial charge < -0.3 is 5.73 Å². The van der Waals surface area contributed by atoms with Gasteiger partial charge in [0.05, 0.1) is 5.69 Å². The van der Waals surface area contributed by atoms with E-state index in [4.69, 9.17) is 5.73 Å². The van der Waals surface area contributed by atoms with Crippen molar-refractivity contribution in [3.8, 4) is 0 Å². The summed E-state index contributed by atoms with van der Waals surface area (Å²) in [7, 11) is -3.63. The lowest BCUT2D eigenvalue weighted by molar-refractivity contribution is 0.485. The van der Waals surface area contributed by atoms with Crippen LogP contribution in [0.2, 0.25) is 0 Å². The Morgan fingerprint density at radius 2 is 1.80 bits per heavy atom. The largest absolute Gasteiger partial charge is 0.398 e. The summed E-state index contributed by atoms with van der Waals surface area (Å²) in [6.45, 7) is 6.10. The fourth-order valence-electron chi connectivity index (χ4n) is 1.83. The van der Waals surface area contributed by atoms with Crippen LogP contribution in [0.1, 0.15) is 33.6 Å². The number of anilines is 1. The quantitative estimate of drug-likeness (QED) is 0.676. The van der Waals surface area contributed by atoms with Crippen LogP contribution in [0.5, 0.6) is 0 Å². The van der Waals surface area contributed by atoms with Crippen LogP contribution in [0.4, 0.5) is 5.69 Å². The molecule has 1 atom stereocenters. The van der Waals surface area contributed by atoms with Crippen molar-refractivity contribution in [2.45, 2.75) is 44.6 Å². The standard InChI is InChI=1S/C13H20Br2N2O2S/c1-8(2)4-5-9(3)17-20(18,19)13-11(15)6-10(14)7-12(13)16/h6-9,17H,4-5,16H2,1-3H3. The molecule has 4 nitrogen and oxygen atoms in total. The lowest BCUT2D eigenvalue weighted by atomic mass is 10.1. The highest BCUT2D eigenvalue weighted by molar-refractivity contribution is 9.11. The minimum absolute atomic E-state index is 0.0945. The molecule has 0 amide bonds. The Morgan fingerprint density at radius 3 is 2.30 bits per heavy atom. The number of rotatable bonds is 6. The summed E-state index contributed by atoms with van der Waals surface area (Å²) in [5.74, 6) is 0.548. The summed E-state index contributed by atoms with van der Waals surface area (Å²) in [5, 5.41) is 0. The number of hydrogen-bond acceptors (Lipinski definition) is 3. The maximum atomic E-state index is 12.4. The van der Waals surface area contributed by atoms with Crippen molar-refractivity contribution in [1.82, 2.24) is 4.72 Å². The predicted octanol–water partition coefficient (Wildman–Crippen LogP) is 3.90. The molecule has 0 bridgehead atoms. The van der Waals surface area contributed by atoms with E-state index in [2.05, 4.69) is 50.4 Å². The zero-order chi connectivity index (χ0) is 15.5. The highest BCUT2D eigenvalue weighted by Crippen LogP contribution is 2.31. The van der Waals surface area contributed by atoms with Gasteiger partial charge in [-0.3, -0.25) is 0 Å². The highest BCUT2D eigenvalue weighted by Gasteiger charge is 2.23. The summed E-state index contributed by atoms with van der Waals surface area (Å²) in [5.41, 5.74) is 6.04. The summed E-state index contributed by atoms with van der Waals surface area (Å²) in [4.78, 5) is 0.0945. The van der Waals surface area contributed by atoms with Crippen molar-refractivity contribution in [1.29, 1.82) is 0 Å². The Hall–Kier alpha value is -0.110. The van der Waals surface area contributed by atoms with Gasteiger partial charge in [0.2, 0.25) is 10.0 Å². The lowest BCUT2D eigenvalue weighted by Gasteiger charge is -2.17. The maximum absolute atomic E-state index is 12.4. The molecule has 0 radical (unpaired) electrons. The Morgan fingerprint density at radius 1 is 1.20 bits per heavy atom. The van der Waals surface area contributed by atoms with E-state index in [-0.39, 0.29) is 16.6 Å². The molecule has 0 spiro atoms. The van der Waals surface area contributed by atoms with Crippen molar-refractivity contribution in [2.75, 3.05) is 5.73 Å². The molecule has 0 aromatic heterocycles. The van der Waals surface area contributed by atoms with Crippen molar-refractivity contribution < 1.29 is 8.42 Å². The number of sulfonamides is 1. The zero-order valence-corrected chi connectivity index (χ0v) is 15.8. The van der Waals surface area contributed by atoms with E-state index in [1.165, 1.54) is 0 Å². The lowest BCUT2D eigenvalue weighted by Crippen LogP contribution is -2.33. The average Bonchev–Trinajstić information content (AvgIpc) is 2.23. The van der Waals surface area contributed by atoms with Crippen LogP contribution >= 0.6 is 31.9 Å². The first-order valence-corrected chi connectivity index (χ1v) is 9.47. The molecule has 0 aliphatic heterocycles. The summed E-state index contributed by atoms with van der Waals surface area (Å²) < 4.78 is 28.7. The van der Waals surface area contributed by atoms with Crippen LogP contribution in [0.15, 0.2) is 26.0 Å². The molecule has 0 saturated carbocycles. The van der Waals surface area contributed by atoms with Gasteiger partial charge in [-0.15, -0.1) is 0 Å². The molecule has 7 heteroatoms. The van der Waals surface area contributed by atoms with Crippen LogP contribution in [0, 0.1) is 5.92 Å². The van der Waals surface area contributed by atoms with Gasteiger partial charge in [0.1, 0.15) is 4.90 Å². The third-order valence-corrected chi connectivity index (χ3v) is 5.89. The number of hydrogen-bond donors (Lipinski definition) is 2. The molecule has 20 heavy (non-hydrogen) atoms. The summed E-state index contributed by atoms with van der Waals surface area (Å²) in [6.07, 6.45) is 1.77. The number of halogens is 2. The summed E-state index contributed by atoms with van der Waals surface area (Å²) in [6, 6.07) is 3.12. The Balaban J connectivity index is 2.95. The average molecular weight is 428 g/mol. The van der Waals surface area contributed by atoms with Gasteiger partial charge in [0.25, 0.3) is 0 Å². The molecule has 0 heterocycles. The first-order valence-electron chi connectivity index (χ1n) is 6.40. The Labute approximate surface area is 137 Å². The second-order valence-corrected chi connectivity index (χ2v) is 8.72. The molecule has 0 aliphatic rings. The Bertz CT molecular complexity index is 551. The second-order valence-electron chi connectivity index (χ2n) is 5.30. The molecule has 0 aliphatic carbocycles. The molecular formula is C13H20Br2N2O2S. The van der Waals surface area contributed by atoms with E-state index < -0.39 is 10.0 Å². The second kappa shape index (κ2) is 7.24. The highest BCUT2D eigenvalue weighted by atomic mass is 79.9. The molecule has 1 aromatic carbocycles. The number of nitrogens with two attached hydrogens (primary N) is 1. The monoisotopic (exact) mass is 426 g/mol. The molecule has 1 unspecified atom stereocenters. The van der Waals surface area contributed by atoms with Crippen molar-refractivity contribution in [2.24, 2.45) is 5.92 Å². The normalized spacial score (nSPS) is 13.7. The molecule has 1 aromatic rings. The van der Waals surface area contributed by atoms with Crippen molar-refractivity contribution in [3.05, 3.63) is 21.1 Å². The van der Waals surface area contributed by atoms with Crippen LogP contribution in [-0.4, -0.2) is 14.5 Å². The van der Waals surface area contributed by atoms with E-state index in [0.29, 0.717) is 10.4 Å². The first kappa shape index (κ1) is 17.9. The van der Waals surface area contributed by atoms with E-state index in [0.717, 1.165) is 17.3 Å². The van der Waals surface area contributed by atoms with Crippen molar-refractivity contribution in [3.63, 3.8) is 0 Å². The van der Waals surface area contributed by atoms with Crippen LogP contribution in [-0.2, 0) is 10.0 Å². The fourth-order valence-corrected chi connectivity index (χ4v) is 5.18.